The topological polar surface area (TPSA) is 30.5 Å². The van der Waals surface area contributed by atoms with E-state index in [9.17, 15) is 0 Å². The molecule has 0 bridgehead atoms. The molecule has 2 aromatic rings. The standard InChI is InChI=1S/C22H31NO2/c1-4-5-8-14-24-22-13-7-6-10-19(22)16-23-20-11-9-12-21(15-20)25-17-18(2)3/h6-7,9-13,15,18,23H,4-5,8,14,16-17H2,1-3H3. The molecule has 0 aromatic heterocycles. The third-order valence-electron chi connectivity index (χ3n) is 3.88. The number of ether oxygens (including phenoxy) is 2. The molecule has 3 nitrogen and oxygen atoms in total. The van der Waals surface area contributed by atoms with Crippen molar-refractivity contribution in [1.82, 2.24) is 0 Å². The smallest absolute Gasteiger partial charge is 0.124 e. The molecule has 0 fully saturated rings. The first-order chi connectivity index (χ1) is 12.2. The van der Waals surface area contributed by atoms with Crippen molar-refractivity contribution >= 4 is 5.69 Å². The van der Waals surface area contributed by atoms with E-state index in [1.54, 1.807) is 0 Å². The number of hydrogen-bond donors (Lipinski definition) is 1. The Bertz CT molecular complexity index is 625. The van der Waals surface area contributed by atoms with Crippen LogP contribution in [0.5, 0.6) is 11.5 Å². The van der Waals surface area contributed by atoms with E-state index >= 15 is 0 Å². The number of hydrogen-bond acceptors (Lipinski definition) is 3. The summed E-state index contributed by atoms with van der Waals surface area (Å²) in [6.45, 7) is 8.76. The SMILES string of the molecule is CCCCCOc1ccccc1CNc1cccc(OCC(C)C)c1. The maximum absolute atomic E-state index is 5.95. The molecule has 0 radical (unpaired) electrons. The number of unbranched alkanes of at least 4 members (excludes halogenated alkanes) is 2. The van der Waals surface area contributed by atoms with Crippen LogP contribution in [-0.4, -0.2) is 13.2 Å². The van der Waals surface area contributed by atoms with E-state index in [1.807, 2.05) is 30.3 Å². The van der Waals surface area contributed by atoms with E-state index in [0.29, 0.717) is 5.92 Å². The second-order valence-corrected chi connectivity index (χ2v) is 6.75. The van der Waals surface area contributed by atoms with Crippen molar-refractivity contribution in [2.24, 2.45) is 5.92 Å². The Morgan fingerprint density at radius 2 is 1.80 bits per heavy atom. The normalized spacial score (nSPS) is 10.7. The molecular weight excluding hydrogens is 310 g/mol. The summed E-state index contributed by atoms with van der Waals surface area (Å²) in [5.41, 5.74) is 2.23. The van der Waals surface area contributed by atoms with Crippen molar-refractivity contribution in [3.8, 4) is 11.5 Å². The molecular formula is C22H31NO2. The van der Waals surface area contributed by atoms with Crippen LogP contribution in [0.1, 0.15) is 45.6 Å². The van der Waals surface area contributed by atoms with Crippen molar-refractivity contribution in [3.63, 3.8) is 0 Å². The maximum atomic E-state index is 5.95. The fourth-order valence-corrected chi connectivity index (χ4v) is 2.48. The Hall–Kier alpha value is -2.16. The predicted molar refractivity (Wildman–Crippen MR) is 106 cm³/mol. The van der Waals surface area contributed by atoms with Gasteiger partial charge in [-0.2, -0.15) is 0 Å². The van der Waals surface area contributed by atoms with Gasteiger partial charge in [0.05, 0.1) is 13.2 Å². The zero-order chi connectivity index (χ0) is 17.9. The number of rotatable bonds is 11. The van der Waals surface area contributed by atoms with Crippen LogP contribution in [0.4, 0.5) is 5.69 Å². The molecule has 0 atom stereocenters. The second kappa shape index (κ2) is 10.7. The second-order valence-electron chi connectivity index (χ2n) is 6.75. The molecule has 0 amide bonds. The van der Waals surface area contributed by atoms with E-state index in [2.05, 4.69) is 44.3 Å². The van der Waals surface area contributed by atoms with Crippen molar-refractivity contribution in [2.45, 2.75) is 46.6 Å². The lowest BCUT2D eigenvalue weighted by Crippen LogP contribution is -2.06. The largest absolute Gasteiger partial charge is 0.493 e. The van der Waals surface area contributed by atoms with Gasteiger partial charge in [-0.25, -0.2) is 0 Å². The van der Waals surface area contributed by atoms with Gasteiger partial charge in [-0.3, -0.25) is 0 Å². The lowest BCUT2D eigenvalue weighted by atomic mass is 10.2. The zero-order valence-electron chi connectivity index (χ0n) is 15.8. The van der Waals surface area contributed by atoms with E-state index in [-0.39, 0.29) is 0 Å². The van der Waals surface area contributed by atoms with Crippen LogP contribution in [0.3, 0.4) is 0 Å². The van der Waals surface area contributed by atoms with Gasteiger partial charge in [0.15, 0.2) is 0 Å². The van der Waals surface area contributed by atoms with Gasteiger partial charge in [0.1, 0.15) is 11.5 Å². The first kappa shape index (κ1) is 19.2. The lowest BCUT2D eigenvalue weighted by Gasteiger charge is -2.14. The summed E-state index contributed by atoms with van der Waals surface area (Å²) in [6, 6.07) is 16.4. The number of benzene rings is 2. The molecule has 2 aromatic carbocycles. The van der Waals surface area contributed by atoms with E-state index < -0.39 is 0 Å². The fourth-order valence-electron chi connectivity index (χ4n) is 2.48. The summed E-state index contributed by atoms with van der Waals surface area (Å²) >= 11 is 0. The van der Waals surface area contributed by atoms with Crippen LogP contribution < -0.4 is 14.8 Å². The molecule has 0 saturated heterocycles. The Morgan fingerprint density at radius 1 is 0.960 bits per heavy atom. The summed E-state index contributed by atoms with van der Waals surface area (Å²) in [7, 11) is 0. The van der Waals surface area contributed by atoms with Gasteiger partial charge in [-0.05, 0) is 30.5 Å². The summed E-state index contributed by atoms with van der Waals surface area (Å²) in [5, 5.41) is 3.47. The predicted octanol–water partition coefficient (Wildman–Crippen LogP) is 5.90. The number of nitrogens with one attached hydrogen (secondary N) is 1. The first-order valence-corrected chi connectivity index (χ1v) is 9.36. The van der Waals surface area contributed by atoms with Crippen LogP contribution in [0.25, 0.3) is 0 Å². The average Bonchev–Trinajstić information content (AvgIpc) is 2.63. The quantitative estimate of drug-likeness (QED) is 0.516. The molecule has 1 N–H and O–H groups in total. The summed E-state index contributed by atoms with van der Waals surface area (Å²) < 4.78 is 11.7. The molecule has 0 aliphatic heterocycles. The van der Waals surface area contributed by atoms with E-state index in [4.69, 9.17) is 9.47 Å². The maximum Gasteiger partial charge on any atom is 0.124 e. The molecule has 0 spiro atoms. The Morgan fingerprint density at radius 3 is 2.60 bits per heavy atom. The van der Waals surface area contributed by atoms with Crippen LogP contribution in [0, 0.1) is 5.92 Å². The zero-order valence-corrected chi connectivity index (χ0v) is 15.8. The van der Waals surface area contributed by atoms with Gasteiger partial charge >= 0.3 is 0 Å². The minimum atomic E-state index is 0.522. The number of para-hydroxylation sites is 1. The molecule has 136 valence electrons. The summed E-state index contributed by atoms with van der Waals surface area (Å²) in [4.78, 5) is 0. The fraction of sp³-hybridized carbons (Fsp3) is 0.455. The third kappa shape index (κ3) is 7.08. The highest BCUT2D eigenvalue weighted by Gasteiger charge is 2.04. The molecule has 0 aliphatic rings. The van der Waals surface area contributed by atoms with Gasteiger partial charge in [-0.1, -0.05) is 57.9 Å². The Balaban J connectivity index is 1.91. The minimum Gasteiger partial charge on any atom is -0.493 e. The molecule has 0 unspecified atom stereocenters. The van der Waals surface area contributed by atoms with Gasteiger partial charge < -0.3 is 14.8 Å². The first-order valence-electron chi connectivity index (χ1n) is 9.36. The van der Waals surface area contributed by atoms with Crippen LogP contribution in [0.2, 0.25) is 0 Å². The highest BCUT2D eigenvalue weighted by molar-refractivity contribution is 5.49. The van der Waals surface area contributed by atoms with E-state index in [1.165, 1.54) is 18.4 Å². The third-order valence-corrected chi connectivity index (χ3v) is 3.88. The van der Waals surface area contributed by atoms with Gasteiger partial charge in [-0.15, -0.1) is 0 Å². The molecule has 25 heavy (non-hydrogen) atoms. The molecule has 0 heterocycles. The molecule has 2 rings (SSSR count). The van der Waals surface area contributed by atoms with Crippen LogP contribution >= 0.6 is 0 Å². The Kier molecular flexibility index (Phi) is 8.17. The van der Waals surface area contributed by atoms with Gasteiger partial charge in [0.25, 0.3) is 0 Å². The highest BCUT2D eigenvalue weighted by Crippen LogP contribution is 2.22. The van der Waals surface area contributed by atoms with Crippen LogP contribution in [0.15, 0.2) is 48.5 Å². The van der Waals surface area contributed by atoms with Crippen molar-refractivity contribution in [2.75, 3.05) is 18.5 Å². The van der Waals surface area contributed by atoms with Crippen molar-refractivity contribution < 1.29 is 9.47 Å². The molecule has 0 aliphatic carbocycles. The monoisotopic (exact) mass is 341 g/mol. The molecule has 0 saturated carbocycles. The Labute approximate surface area is 152 Å². The van der Waals surface area contributed by atoms with Crippen molar-refractivity contribution in [3.05, 3.63) is 54.1 Å². The van der Waals surface area contributed by atoms with Crippen molar-refractivity contribution in [1.29, 1.82) is 0 Å². The van der Waals surface area contributed by atoms with Gasteiger partial charge in [0, 0.05) is 23.9 Å². The van der Waals surface area contributed by atoms with E-state index in [0.717, 1.165) is 43.4 Å². The van der Waals surface area contributed by atoms with Gasteiger partial charge in [0.2, 0.25) is 0 Å². The minimum absolute atomic E-state index is 0.522. The summed E-state index contributed by atoms with van der Waals surface area (Å²) in [6.07, 6.45) is 3.53. The average molecular weight is 341 g/mol. The number of anilines is 1. The van der Waals surface area contributed by atoms with Crippen LogP contribution in [-0.2, 0) is 6.54 Å². The lowest BCUT2D eigenvalue weighted by molar-refractivity contribution is 0.271. The molecule has 3 heteroatoms. The summed E-state index contributed by atoms with van der Waals surface area (Å²) in [5.74, 6) is 2.40. The highest BCUT2D eigenvalue weighted by atomic mass is 16.5.